The smallest absolute Gasteiger partial charge is 0.105 e. The average Bonchev–Trinajstić information content (AvgIpc) is 0.804. The first-order chi connectivity index (χ1) is 61.5. The number of rotatable bonds is 42. The lowest BCUT2D eigenvalue weighted by atomic mass is 10.3. The van der Waals surface area contributed by atoms with E-state index < -0.39 is 125 Å². The van der Waals surface area contributed by atoms with Crippen molar-refractivity contribution in [2.75, 3.05) is 59.5 Å². The third-order valence-corrected chi connectivity index (χ3v) is 53.7. The van der Waals surface area contributed by atoms with Crippen LogP contribution < -0.4 is 0 Å². The lowest BCUT2D eigenvalue weighted by molar-refractivity contribution is 0.238. The second-order valence-electron chi connectivity index (χ2n) is 50.3. The average molecular weight is 2190 g/mol. The summed E-state index contributed by atoms with van der Waals surface area (Å²) < 4.78 is 0. The Kier molecular flexibility index (Phi) is 86.7. The third kappa shape index (κ3) is 77.8. The molecule has 0 aromatic carbocycles. The van der Waals surface area contributed by atoms with Gasteiger partial charge in [-0.2, -0.15) is 0 Å². The zero-order valence-corrected chi connectivity index (χ0v) is 117. The standard InChI is InChI=1S/C13H31NOSi2.C11H27NOSi2.C10H25NOSi2.C10H23NOSi.2C9H21NOSi.C9H19NOSi.C8H19NOSi.C8H17NOSi.C8H19NOSi.C7H17NOSi/c1-8-14-12(16(5,6)7)13(15)17(9-2,10-3)11-4;1-9(2)12-10(14(3,4)5)11(13)15(6,7)8;1-8-11-9(13(2,3)4)10(12)14(5,6)7;1-7-9(12)10(11-8(2)3)13(4,5)6;1-7(2)10-9(8(3)11)12(4,5)6;2*1-6-8(11)9(10-7-2)12(3,4)5;1-7(2)9-8(6-10)11(3,4)5;1-6-7(10)8(9-2)11(3,4)5;1-6-9-8(7(2)10)11(3,4)5;1-5-8-7(6-9)10(2,3)4/h13,15H,8-11H2,1-7H3;9,11,13H,1-8H3;10,12H,8H2,1-7H3;8-9,12H,7H2,1-6H3;7-8,11H,1-6H3;8,11H,6-7H2,1-5H3;6,8,11H,1,7H2,2-5H3;7,10H,6H2,1-5H3;6-7,10H,1H2,2-5H3;7,10H,6H2,1-5H3;9H,5-6H2,1-4H3. The fourth-order valence-electron chi connectivity index (χ4n) is 13.6. The molecule has 0 aliphatic heterocycles. The molecule has 0 amide bonds. The molecular weight excluding hydrogens is 1950 g/mol. The maximum absolute atomic E-state index is 10.9. The van der Waals surface area contributed by atoms with Gasteiger partial charge in [0.1, 0.15) is 12.2 Å². The molecule has 11 N–H and O–H groups in total. The molecule has 0 heterocycles. The topological polar surface area (TPSA) is 358 Å². The maximum Gasteiger partial charge on any atom is 0.105 e. The van der Waals surface area contributed by atoms with Crippen LogP contribution in [0.4, 0.5) is 0 Å². The Morgan fingerprint density at radius 2 is 0.464 bits per heavy atom. The molecule has 0 saturated heterocycles. The van der Waals surface area contributed by atoms with Crippen molar-refractivity contribution >= 4 is 172 Å². The molecule has 0 saturated carbocycles. The van der Waals surface area contributed by atoms with Crippen LogP contribution in [-0.4, -0.2) is 365 Å². The maximum atomic E-state index is 10.9. The van der Waals surface area contributed by atoms with E-state index in [1.54, 1.807) is 27.0 Å². The normalized spacial score (nSPS) is 16.2. The monoisotopic (exact) mass is 2190 g/mol. The van der Waals surface area contributed by atoms with Crippen LogP contribution in [0.2, 0.25) is 273 Å². The molecule has 0 spiro atoms. The van der Waals surface area contributed by atoms with E-state index in [1.807, 2.05) is 76.2 Å². The van der Waals surface area contributed by atoms with Gasteiger partial charge in [0, 0.05) is 129 Å². The molecule has 824 valence electrons. The molecule has 9 atom stereocenters. The lowest BCUT2D eigenvalue weighted by Crippen LogP contribution is -2.56. The van der Waals surface area contributed by atoms with Gasteiger partial charge in [-0.15, -0.1) is 13.2 Å². The summed E-state index contributed by atoms with van der Waals surface area (Å²) in [7, 11) is -18.5. The van der Waals surface area contributed by atoms with Gasteiger partial charge < -0.3 is 56.2 Å². The number of aliphatic imine (C=N–C) groups is 11. The summed E-state index contributed by atoms with van der Waals surface area (Å²) in [6, 6.07) is 4.67. The van der Waals surface area contributed by atoms with E-state index in [0.29, 0.717) is 18.1 Å². The molecule has 0 radical (unpaired) electrons. The largest absolute Gasteiger partial charge is 0.391 e. The minimum absolute atomic E-state index is 0.133. The van der Waals surface area contributed by atoms with E-state index in [4.69, 9.17) is 10.2 Å². The van der Waals surface area contributed by atoms with Crippen LogP contribution >= 0.6 is 0 Å². The van der Waals surface area contributed by atoms with E-state index in [9.17, 15) is 46.0 Å². The zero-order valence-electron chi connectivity index (χ0n) is 103. The van der Waals surface area contributed by atoms with Crippen molar-refractivity contribution in [1.29, 1.82) is 0 Å². The SMILES string of the molecule is C=CC(O)C(=NC)[Si](C)(C)C.C=CC(O)C(=NCC)[Si](C)(C)C.CC(C)N=C(C(C)O)[Si](C)(C)C.CC(C)N=C(C(O)[Si](C)(C)C)[Si](C)(C)C.CC(C)N=C(CO)[Si](C)(C)C.CCC(O)C(=NC(C)C)[Si](C)(C)C.CCN=C(C(C)O)[Si](C)(C)C.CCN=C(C(O)CC)[Si](C)(C)C.CCN=C(C(O)[Si](C)(C)C)[Si](C)(C)C.CCN=C(C(O)[Si](CC)(CC)CC)[Si](C)(C)C.CCN=C(CO)[Si](C)(C)C. The van der Waals surface area contributed by atoms with Crippen molar-refractivity contribution in [3.63, 3.8) is 0 Å². The Balaban J connectivity index is -0.000000143. The summed E-state index contributed by atoms with van der Waals surface area (Å²) in [4.78, 5) is 48.7. The van der Waals surface area contributed by atoms with Crippen molar-refractivity contribution in [1.82, 2.24) is 0 Å². The van der Waals surface area contributed by atoms with Gasteiger partial charge in [0.15, 0.2) is 0 Å². The first-order valence-corrected chi connectivity index (χ1v) is 100. The van der Waals surface area contributed by atoms with Crippen LogP contribution in [0.5, 0.6) is 0 Å². The van der Waals surface area contributed by atoms with E-state index in [-0.39, 0.29) is 60.9 Å². The summed E-state index contributed by atoms with van der Waals surface area (Å²) in [5.74, 6) is 0. The van der Waals surface area contributed by atoms with Crippen LogP contribution in [0.15, 0.2) is 80.2 Å². The first kappa shape index (κ1) is 159. The van der Waals surface area contributed by atoms with Crippen LogP contribution in [0.1, 0.15) is 158 Å². The predicted octanol–water partition coefficient (Wildman–Crippen LogP) is 24.0. The van der Waals surface area contributed by atoms with Gasteiger partial charge in [0.2, 0.25) is 0 Å². The molecule has 0 bridgehead atoms. The fraction of sp³-hybridized carbons (Fsp3) is 0.853. The van der Waals surface area contributed by atoms with Crippen molar-refractivity contribution in [3.05, 3.63) is 25.3 Å². The van der Waals surface area contributed by atoms with E-state index in [0.717, 1.165) is 129 Å². The van der Waals surface area contributed by atoms with Crippen molar-refractivity contribution in [3.8, 4) is 0 Å². The molecular formula is C102H239N11O11Si14. The molecule has 0 aromatic heterocycles. The highest BCUT2D eigenvalue weighted by Crippen LogP contribution is 2.29. The van der Waals surface area contributed by atoms with Crippen LogP contribution in [0, 0.1) is 0 Å². The number of aliphatic hydroxyl groups is 11. The first-order valence-electron chi connectivity index (χ1n) is 52.1. The van der Waals surface area contributed by atoms with E-state index >= 15 is 0 Å². The third-order valence-electron chi connectivity index (χ3n) is 21.1. The Hall–Kier alpha value is -1.55. The summed E-state index contributed by atoms with van der Waals surface area (Å²) in [6.07, 6.45) is 2.17. The fourth-order valence-corrected chi connectivity index (χ4v) is 43.5. The molecule has 0 aliphatic carbocycles. The highest BCUT2D eigenvalue weighted by atomic mass is 28.4. The van der Waals surface area contributed by atoms with Crippen LogP contribution in [0.25, 0.3) is 0 Å². The van der Waals surface area contributed by atoms with Gasteiger partial charge in [0.05, 0.1) is 168 Å². The molecule has 22 nitrogen and oxygen atoms in total. The van der Waals surface area contributed by atoms with Gasteiger partial charge >= 0.3 is 0 Å². The van der Waals surface area contributed by atoms with Crippen LogP contribution in [0.3, 0.4) is 0 Å². The second-order valence-corrected chi connectivity index (χ2v) is 122. The van der Waals surface area contributed by atoms with Crippen molar-refractivity contribution in [2.24, 2.45) is 54.9 Å². The summed E-state index contributed by atoms with van der Waals surface area (Å²) in [5.41, 5.74) is -0.741. The minimum atomic E-state index is -1.57. The highest BCUT2D eigenvalue weighted by molar-refractivity contribution is 7.11. The minimum Gasteiger partial charge on any atom is -0.391 e. The molecule has 0 fully saturated rings. The number of nitrogens with zero attached hydrogens (tertiary/aromatic N) is 11. The molecule has 0 aromatic rings. The van der Waals surface area contributed by atoms with Gasteiger partial charge in [0.25, 0.3) is 0 Å². The Morgan fingerprint density at radius 3 is 0.630 bits per heavy atom. The number of hydrogen-bond donors (Lipinski definition) is 11. The molecule has 36 heteroatoms. The lowest BCUT2D eigenvalue weighted by Gasteiger charge is -2.37. The number of aliphatic hydroxyl groups excluding tert-OH is 11. The van der Waals surface area contributed by atoms with E-state index in [1.165, 1.54) is 6.08 Å². The van der Waals surface area contributed by atoms with Crippen molar-refractivity contribution in [2.45, 2.75) is 510 Å². The molecule has 138 heavy (non-hydrogen) atoms. The summed E-state index contributed by atoms with van der Waals surface area (Å²) in [6.45, 7) is 141. The summed E-state index contributed by atoms with van der Waals surface area (Å²) >= 11 is 0. The zero-order chi connectivity index (χ0) is 113. The van der Waals surface area contributed by atoms with Gasteiger partial charge in [-0.1, -0.05) is 320 Å². The second kappa shape index (κ2) is 75.2. The van der Waals surface area contributed by atoms with Crippen LogP contribution in [-0.2, 0) is 0 Å². The van der Waals surface area contributed by atoms with Gasteiger partial charge in [-0.3, -0.25) is 54.9 Å². The molecule has 0 rings (SSSR count). The van der Waals surface area contributed by atoms with Crippen molar-refractivity contribution < 1.29 is 56.2 Å². The summed E-state index contributed by atoms with van der Waals surface area (Å²) in [5, 5.41) is 118. The molecule has 0 aliphatic rings. The molecule has 9 unspecified atom stereocenters. The quantitative estimate of drug-likeness (QED) is 0.0155. The Labute approximate surface area is 870 Å². The van der Waals surface area contributed by atoms with Gasteiger partial charge in [-0.25, -0.2) is 0 Å². The van der Waals surface area contributed by atoms with Gasteiger partial charge in [-0.05, 0) is 124 Å². The Bertz CT molecular complexity index is 3540. The van der Waals surface area contributed by atoms with E-state index in [2.05, 4.69) is 379 Å². The highest BCUT2D eigenvalue weighted by Gasteiger charge is 2.43. The number of hydrogen-bond acceptors (Lipinski definition) is 22. The predicted molar refractivity (Wildman–Crippen MR) is 673 cm³/mol. The Morgan fingerprint density at radius 1 is 0.246 bits per heavy atom.